The molecule has 1 atom stereocenters. The van der Waals surface area contributed by atoms with Crippen LogP contribution >= 0.6 is 0 Å². The quantitative estimate of drug-likeness (QED) is 0.344. The summed E-state index contributed by atoms with van der Waals surface area (Å²) in [6, 6.07) is 10.4. The first kappa shape index (κ1) is 24.4. The van der Waals surface area contributed by atoms with Crippen molar-refractivity contribution in [2.24, 2.45) is 21.7 Å². The van der Waals surface area contributed by atoms with Gasteiger partial charge in [-0.05, 0) is 54.8 Å². The molecule has 0 bridgehead atoms. The largest absolute Gasteiger partial charge is 0.416 e. The fourth-order valence-electron chi connectivity index (χ4n) is 4.05. The molecule has 37 heavy (non-hydrogen) atoms. The summed E-state index contributed by atoms with van der Waals surface area (Å²) in [5, 5.41) is 7.93. The second-order valence-corrected chi connectivity index (χ2v) is 8.87. The van der Waals surface area contributed by atoms with Crippen molar-refractivity contribution in [2.45, 2.75) is 25.6 Å². The minimum atomic E-state index is -4.45. The van der Waals surface area contributed by atoms with E-state index in [9.17, 15) is 22.8 Å². The number of nitrogens with one attached hydrogen (secondary N) is 3. The number of halogens is 3. The second-order valence-electron chi connectivity index (χ2n) is 8.87. The van der Waals surface area contributed by atoms with Gasteiger partial charge in [0.2, 0.25) is 5.70 Å². The molecule has 1 saturated carbocycles. The molecule has 2 aromatic carbocycles. The molecule has 1 unspecified atom stereocenters. The van der Waals surface area contributed by atoms with Gasteiger partial charge < -0.3 is 16.0 Å². The van der Waals surface area contributed by atoms with Crippen LogP contribution in [0.3, 0.4) is 0 Å². The Labute approximate surface area is 209 Å². The standard InChI is InChI=1S/C25H22F3N7O2/c26-25(27,28)17-6-8-18(9-7-17)33-24(37)31-13-15-2-1-3-19(12-15)32-23(36)22-34-21(16-4-5-16)20-14-30-10-11-35(20,22)29/h1-3,6-12,14,16H,4-5,13,29H2,(H2-,31,32,33,36,37)/p+1. The number of rotatable bonds is 6. The number of amides is 3. The van der Waals surface area contributed by atoms with Gasteiger partial charge in [-0.25, -0.2) is 4.79 Å². The number of carbonyl (C=O) groups excluding carboxylic acids is 2. The van der Waals surface area contributed by atoms with Crippen LogP contribution in [0.1, 0.15) is 24.0 Å². The average molecular weight is 511 g/mol. The smallest absolute Gasteiger partial charge is 0.334 e. The summed E-state index contributed by atoms with van der Waals surface area (Å²) in [6.45, 7) is 0.116. The number of anilines is 2. The number of urea groups is 1. The van der Waals surface area contributed by atoms with E-state index < -0.39 is 23.7 Å². The molecule has 1 fully saturated rings. The molecule has 0 saturated heterocycles. The van der Waals surface area contributed by atoms with Crippen LogP contribution in [0.15, 0.2) is 82.3 Å². The van der Waals surface area contributed by atoms with Crippen molar-refractivity contribution in [3.8, 4) is 0 Å². The number of quaternary nitrogens is 1. The lowest BCUT2D eigenvalue weighted by Crippen LogP contribution is -2.56. The zero-order chi connectivity index (χ0) is 26.2. The van der Waals surface area contributed by atoms with Gasteiger partial charge in [0.1, 0.15) is 11.9 Å². The maximum atomic E-state index is 13.1. The number of hydrogen-bond acceptors (Lipinski definition) is 5. The molecule has 5 rings (SSSR count). The predicted octanol–water partition coefficient (Wildman–Crippen LogP) is 4.25. The number of alkyl halides is 3. The molecular weight excluding hydrogens is 487 g/mol. The Morgan fingerprint density at radius 3 is 2.51 bits per heavy atom. The Hall–Kier alpha value is -4.29. The van der Waals surface area contributed by atoms with Crippen LogP contribution in [-0.2, 0) is 17.5 Å². The Bertz CT molecular complexity index is 1380. The van der Waals surface area contributed by atoms with Gasteiger partial charge in [0.15, 0.2) is 0 Å². The van der Waals surface area contributed by atoms with Gasteiger partial charge in [0, 0.05) is 23.8 Å². The van der Waals surface area contributed by atoms with Crippen molar-refractivity contribution >= 4 is 35.4 Å². The summed E-state index contributed by atoms with van der Waals surface area (Å²) in [5.74, 6) is 6.48. The SMILES string of the molecule is N[N+]12C=CN=CC1=C(C1CC1)N=C2C(=O)Nc1cccc(CNC(=O)Nc2ccc(C(F)(F)F)cc2)c1. The molecule has 2 aromatic rings. The van der Waals surface area contributed by atoms with Crippen LogP contribution in [0.2, 0.25) is 0 Å². The first-order chi connectivity index (χ1) is 17.6. The van der Waals surface area contributed by atoms with E-state index >= 15 is 0 Å². The molecule has 12 heteroatoms. The molecule has 3 aliphatic rings. The van der Waals surface area contributed by atoms with Crippen LogP contribution in [0.4, 0.5) is 29.3 Å². The maximum Gasteiger partial charge on any atom is 0.416 e. The first-order valence-corrected chi connectivity index (χ1v) is 11.5. The van der Waals surface area contributed by atoms with Gasteiger partial charge >= 0.3 is 24.0 Å². The van der Waals surface area contributed by atoms with Gasteiger partial charge in [0.05, 0.1) is 18.0 Å². The van der Waals surface area contributed by atoms with E-state index in [1.165, 1.54) is 18.3 Å². The van der Waals surface area contributed by atoms with E-state index in [-0.39, 0.29) is 28.6 Å². The summed E-state index contributed by atoms with van der Waals surface area (Å²) in [4.78, 5) is 34.0. The fraction of sp³-hybridized carbons (Fsp3) is 0.200. The van der Waals surface area contributed by atoms with Crippen LogP contribution in [0.25, 0.3) is 0 Å². The predicted molar refractivity (Wildman–Crippen MR) is 132 cm³/mol. The Morgan fingerprint density at radius 1 is 1.05 bits per heavy atom. The molecule has 9 nitrogen and oxygen atoms in total. The first-order valence-electron chi connectivity index (χ1n) is 11.5. The highest BCUT2D eigenvalue weighted by molar-refractivity contribution is 6.40. The lowest BCUT2D eigenvalue weighted by Gasteiger charge is -2.25. The Balaban J connectivity index is 1.20. The Kier molecular flexibility index (Phi) is 6.13. The molecule has 3 amide bonds. The number of carbonyl (C=O) groups is 2. The van der Waals surface area contributed by atoms with E-state index in [0.717, 1.165) is 30.7 Å². The minimum Gasteiger partial charge on any atom is -0.334 e. The van der Waals surface area contributed by atoms with Crippen molar-refractivity contribution in [1.29, 1.82) is 0 Å². The van der Waals surface area contributed by atoms with E-state index in [4.69, 9.17) is 5.84 Å². The zero-order valence-corrected chi connectivity index (χ0v) is 19.4. The highest BCUT2D eigenvalue weighted by Gasteiger charge is 2.50. The number of nitrogens with two attached hydrogens (primary N) is 1. The highest BCUT2D eigenvalue weighted by Crippen LogP contribution is 2.43. The van der Waals surface area contributed by atoms with Crippen LogP contribution in [0.5, 0.6) is 0 Å². The molecule has 5 N–H and O–H groups in total. The number of aliphatic imine (C=N–C) groups is 2. The summed E-state index contributed by atoms with van der Waals surface area (Å²) in [5.41, 5.74) is 2.07. The van der Waals surface area contributed by atoms with Crippen molar-refractivity contribution in [3.63, 3.8) is 0 Å². The molecule has 190 valence electrons. The van der Waals surface area contributed by atoms with E-state index in [0.29, 0.717) is 16.9 Å². The second kappa shape index (κ2) is 9.30. The number of hydrogen-bond donors (Lipinski definition) is 4. The monoisotopic (exact) mass is 510 g/mol. The lowest BCUT2D eigenvalue weighted by molar-refractivity contribution is -0.749. The third-order valence-corrected chi connectivity index (χ3v) is 6.10. The Morgan fingerprint density at radius 2 is 1.81 bits per heavy atom. The van der Waals surface area contributed by atoms with Gasteiger partial charge in [-0.3, -0.25) is 9.79 Å². The van der Waals surface area contributed by atoms with Crippen LogP contribution in [0, 0.1) is 5.92 Å². The number of benzene rings is 2. The van der Waals surface area contributed by atoms with Crippen LogP contribution in [-0.4, -0.2) is 28.6 Å². The third kappa shape index (κ3) is 5.15. The van der Waals surface area contributed by atoms with E-state index in [2.05, 4.69) is 25.9 Å². The molecule has 0 aromatic heterocycles. The summed E-state index contributed by atoms with van der Waals surface area (Å²) in [7, 11) is 0. The van der Waals surface area contributed by atoms with Gasteiger partial charge in [-0.15, -0.1) is 4.59 Å². The number of amidine groups is 1. The summed E-state index contributed by atoms with van der Waals surface area (Å²) >= 11 is 0. The molecular formula is C25H23F3N7O2+. The molecule has 0 spiro atoms. The van der Waals surface area contributed by atoms with Crippen LogP contribution < -0.4 is 21.8 Å². The number of fused-ring (bicyclic) bond motifs is 1. The molecule has 2 aliphatic heterocycles. The molecule has 2 heterocycles. The zero-order valence-electron chi connectivity index (χ0n) is 19.4. The molecule has 1 aliphatic carbocycles. The summed E-state index contributed by atoms with van der Waals surface area (Å²) < 4.78 is 37.7. The molecule has 0 radical (unpaired) electrons. The highest BCUT2D eigenvalue weighted by atomic mass is 19.4. The third-order valence-electron chi connectivity index (χ3n) is 6.10. The number of allylic oxidation sites excluding steroid dienone is 2. The van der Waals surface area contributed by atoms with Crippen molar-refractivity contribution in [3.05, 3.63) is 83.5 Å². The lowest BCUT2D eigenvalue weighted by atomic mass is 10.2. The van der Waals surface area contributed by atoms with Crippen molar-refractivity contribution < 1.29 is 27.4 Å². The summed E-state index contributed by atoms with van der Waals surface area (Å²) in [6.07, 6.45) is 2.32. The topological polar surface area (TPSA) is 121 Å². The van der Waals surface area contributed by atoms with E-state index in [1.54, 1.807) is 36.7 Å². The van der Waals surface area contributed by atoms with Gasteiger partial charge in [-0.2, -0.15) is 24.0 Å². The normalized spacial score (nSPS) is 20.4. The minimum absolute atomic E-state index is 0.116. The van der Waals surface area contributed by atoms with Gasteiger partial charge in [-0.1, -0.05) is 12.1 Å². The van der Waals surface area contributed by atoms with Crippen molar-refractivity contribution in [2.75, 3.05) is 10.6 Å². The number of nitrogens with zero attached hydrogens (tertiary/aromatic N) is 3. The maximum absolute atomic E-state index is 13.1. The van der Waals surface area contributed by atoms with Crippen molar-refractivity contribution in [1.82, 2.24) is 5.32 Å². The van der Waals surface area contributed by atoms with Gasteiger partial charge in [0.25, 0.3) is 0 Å². The average Bonchev–Trinajstić information content (AvgIpc) is 3.65. The van der Waals surface area contributed by atoms with E-state index in [1.807, 2.05) is 0 Å². The fourth-order valence-corrected chi connectivity index (χ4v) is 4.05.